The van der Waals surface area contributed by atoms with Crippen molar-refractivity contribution in [1.82, 2.24) is 5.43 Å². The molecule has 1 aliphatic rings. The maximum atomic E-state index is 13.3. The van der Waals surface area contributed by atoms with E-state index in [0.717, 1.165) is 4.31 Å². The van der Waals surface area contributed by atoms with Crippen molar-refractivity contribution in [2.45, 2.75) is 4.90 Å². The lowest BCUT2D eigenvalue weighted by molar-refractivity contribution is -0.384. The summed E-state index contributed by atoms with van der Waals surface area (Å²) < 4.78 is 38.5. The Bertz CT molecular complexity index is 1360. The molecule has 0 fully saturated rings. The van der Waals surface area contributed by atoms with E-state index in [1.165, 1.54) is 42.6 Å². The Morgan fingerprint density at radius 3 is 2.46 bits per heavy atom. The molecule has 0 saturated carbocycles. The molecule has 1 N–H and O–H groups in total. The summed E-state index contributed by atoms with van der Waals surface area (Å²) in [5.41, 5.74) is 2.76. The van der Waals surface area contributed by atoms with E-state index < -0.39 is 27.4 Å². The first-order valence-electron chi connectivity index (χ1n) is 10.4. The van der Waals surface area contributed by atoms with Crippen molar-refractivity contribution in [1.29, 1.82) is 0 Å². The van der Waals surface area contributed by atoms with Gasteiger partial charge in [0.2, 0.25) is 0 Å². The first kappa shape index (κ1) is 23.7. The Hall–Kier alpha value is -4.45. The van der Waals surface area contributed by atoms with Crippen LogP contribution in [0.25, 0.3) is 0 Å². The van der Waals surface area contributed by atoms with Gasteiger partial charge in [0, 0.05) is 17.7 Å². The molecule has 0 saturated heterocycles. The minimum atomic E-state index is -4.16. The zero-order valence-electron chi connectivity index (χ0n) is 18.2. The molecule has 0 aliphatic carbocycles. The molecule has 11 nitrogen and oxygen atoms in total. The van der Waals surface area contributed by atoms with E-state index >= 15 is 0 Å². The van der Waals surface area contributed by atoms with Crippen LogP contribution in [0.5, 0.6) is 11.5 Å². The monoisotopic (exact) mass is 496 g/mol. The average Bonchev–Trinajstić information content (AvgIpc) is 2.88. The van der Waals surface area contributed by atoms with Crippen molar-refractivity contribution in [3.63, 3.8) is 0 Å². The molecule has 1 aliphatic heterocycles. The maximum absolute atomic E-state index is 13.3. The summed E-state index contributed by atoms with van der Waals surface area (Å²) in [5.74, 6) is 0.335. The molecule has 1 heterocycles. The average molecular weight is 497 g/mol. The molecule has 0 unspecified atom stereocenters. The van der Waals surface area contributed by atoms with Crippen molar-refractivity contribution in [3.8, 4) is 11.5 Å². The fourth-order valence-corrected chi connectivity index (χ4v) is 4.75. The van der Waals surface area contributed by atoms with Crippen LogP contribution in [-0.2, 0) is 14.8 Å². The number of sulfonamides is 1. The van der Waals surface area contributed by atoms with Crippen LogP contribution in [-0.4, -0.2) is 45.2 Å². The van der Waals surface area contributed by atoms with Crippen molar-refractivity contribution < 1.29 is 27.6 Å². The Morgan fingerprint density at radius 2 is 1.74 bits per heavy atom. The number of hydrogen-bond donors (Lipinski definition) is 1. The second-order valence-corrected chi connectivity index (χ2v) is 9.13. The standard InChI is InChI=1S/C23H20N4O7S/c28-22(25-24-15-17-5-4-8-21-23(17)34-14-13-33-21)16-26(18-9-11-19(12-10-18)27(29)30)35(31,32)20-6-2-1-3-7-20/h1-12,15H,13-14,16H2,(H,25,28)/b24-15-. The summed E-state index contributed by atoms with van der Waals surface area (Å²) in [6.45, 7) is 0.198. The summed E-state index contributed by atoms with van der Waals surface area (Å²) in [6, 6.07) is 17.6. The van der Waals surface area contributed by atoms with Crippen molar-refractivity contribution in [2.75, 3.05) is 24.1 Å². The van der Waals surface area contributed by atoms with Crippen LogP contribution in [0.3, 0.4) is 0 Å². The molecule has 3 aromatic carbocycles. The molecule has 4 rings (SSSR count). The molecule has 0 bridgehead atoms. The highest BCUT2D eigenvalue weighted by molar-refractivity contribution is 7.92. The topological polar surface area (TPSA) is 140 Å². The van der Waals surface area contributed by atoms with E-state index in [4.69, 9.17) is 9.47 Å². The van der Waals surface area contributed by atoms with E-state index in [-0.39, 0.29) is 16.3 Å². The van der Waals surface area contributed by atoms with Gasteiger partial charge in [-0.2, -0.15) is 5.10 Å². The number of rotatable bonds is 8. The van der Waals surface area contributed by atoms with Gasteiger partial charge in [0.25, 0.3) is 21.6 Å². The third-order valence-electron chi connectivity index (χ3n) is 4.96. The number of nitro benzene ring substituents is 1. The fourth-order valence-electron chi connectivity index (χ4n) is 3.31. The van der Waals surface area contributed by atoms with Gasteiger partial charge in [0.1, 0.15) is 19.8 Å². The molecule has 0 spiro atoms. The Kier molecular flexibility index (Phi) is 6.92. The number of amides is 1. The number of non-ortho nitro benzene ring substituents is 1. The zero-order chi connectivity index (χ0) is 24.8. The number of nitro groups is 1. The van der Waals surface area contributed by atoms with E-state index in [9.17, 15) is 23.3 Å². The van der Waals surface area contributed by atoms with Crippen molar-refractivity contribution in [3.05, 3.63) is 88.5 Å². The first-order chi connectivity index (χ1) is 16.9. The Morgan fingerprint density at radius 1 is 1.03 bits per heavy atom. The lowest BCUT2D eigenvalue weighted by atomic mass is 10.2. The smallest absolute Gasteiger partial charge is 0.269 e. The molecule has 1 amide bonds. The number of ether oxygens (including phenoxy) is 2. The molecule has 35 heavy (non-hydrogen) atoms. The highest BCUT2D eigenvalue weighted by Crippen LogP contribution is 2.32. The van der Waals surface area contributed by atoms with Crippen molar-refractivity contribution in [2.24, 2.45) is 5.10 Å². The number of para-hydroxylation sites is 1. The minimum Gasteiger partial charge on any atom is -0.486 e. The molecule has 180 valence electrons. The van der Waals surface area contributed by atoms with E-state index in [1.807, 2.05) is 0 Å². The van der Waals surface area contributed by atoms with Crippen LogP contribution in [0.4, 0.5) is 11.4 Å². The van der Waals surface area contributed by atoms with Gasteiger partial charge in [-0.3, -0.25) is 19.2 Å². The predicted molar refractivity (Wildman–Crippen MR) is 127 cm³/mol. The molecular formula is C23H20N4O7S. The van der Waals surface area contributed by atoms with Gasteiger partial charge in [-0.1, -0.05) is 24.3 Å². The fraction of sp³-hybridized carbons (Fsp3) is 0.130. The Balaban J connectivity index is 1.56. The van der Waals surface area contributed by atoms with E-state index in [0.29, 0.717) is 30.3 Å². The summed E-state index contributed by atoms with van der Waals surface area (Å²) in [6.07, 6.45) is 1.37. The number of anilines is 1. The number of hydrazone groups is 1. The number of hydrogen-bond acceptors (Lipinski definition) is 8. The van der Waals surface area contributed by atoms with Gasteiger partial charge in [0.05, 0.1) is 21.7 Å². The van der Waals surface area contributed by atoms with Crippen LogP contribution in [0.1, 0.15) is 5.56 Å². The van der Waals surface area contributed by atoms with E-state index in [1.54, 1.807) is 36.4 Å². The molecule has 0 atom stereocenters. The van der Waals surface area contributed by atoms with Crippen molar-refractivity contribution >= 4 is 33.5 Å². The summed E-state index contributed by atoms with van der Waals surface area (Å²) in [7, 11) is -4.16. The maximum Gasteiger partial charge on any atom is 0.269 e. The van der Waals surface area contributed by atoms with Gasteiger partial charge in [-0.05, 0) is 36.4 Å². The van der Waals surface area contributed by atoms with Crippen LogP contribution < -0.4 is 19.2 Å². The Labute approximate surface area is 200 Å². The summed E-state index contributed by atoms with van der Waals surface area (Å²) in [5, 5.41) is 14.9. The van der Waals surface area contributed by atoms with Gasteiger partial charge >= 0.3 is 0 Å². The molecular weight excluding hydrogens is 476 g/mol. The second kappa shape index (κ2) is 10.2. The highest BCUT2D eigenvalue weighted by atomic mass is 32.2. The normalized spacial score (nSPS) is 12.8. The first-order valence-corrected chi connectivity index (χ1v) is 11.8. The number of carbonyl (C=O) groups excluding carboxylic acids is 1. The molecule has 0 aromatic heterocycles. The molecule has 12 heteroatoms. The predicted octanol–water partition coefficient (Wildman–Crippen LogP) is 2.71. The minimum absolute atomic E-state index is 0.0392. The van der Waals surface area contributed by atoms with Gasteiger partial charge < -0.3 is 9.47 Å². The third-order valence-corrected chi connectivity index (χ3v) is 6.74. The quantitative estimate of drug-likeness (QED) is 0.287. The lowest BCUT2D eigenvalue weighted by Gasteiger charge is -2.23. The number of fused-ring (bicyclic) bond motifs is 1. The van der Waals surface area contributed by atoms with Gasteiger partial charge in [0.15, 0.2) is 11.5 Å². The van der Waals surface area contributed by atoms with Crippen LogP contribution in [0.15, 0.2) is 82.8 Å². The number of benzene rings is 3. The number of nitrogens with zero attached hydrogens (tertiary/aromatic N) is 3. The zero-order valence-corrected chi connectivity index (χ0v) is 19.1. The molecule has 3 aromatic rings. The number of nitrogens with one attached hydrogen (secondary N) is 1. The summed E-state index contributed by atoms with van der Waals surface area (Å²) in [4.78, 5) is 23.0. The van der Waals surface area contributed by atoms with Crippen LogP contribution in [0.2, 0.25) is 0 Å². The summed E-state index contributed by atoms with van der Waals surface area (Å²) >= 11 is 0. The lowest BCUT2D eigenvalue weighted by Crippen LogP contribution is -2.39. The van der Waals surface area contributed by atoms with E-state index in [2.05, 4.69) is 10.5 Å². The van der Waals surface area contributed by atoms with Crippen LogP contribution in [0, 0.1) is 10.1 Å². The highest BCUT2D eigenvalue weighted by Gasteiger charge is 2.27. The SMILES string of the molecule is O=C(CN(c1ccc([N+](=O)[O-])cc1)S(=O)(=O)c1ccccc1)N/N=C\c1cccc2c1OCCO2. The largest absolute Gasteiger partial charge is 0.486 e. The van der Waals surface area contributed by atoms with Gasteiger partial charge in [-0.25, -0.2) is 13.8 Å². The molecule has 0 radical (unpaired) electrons. The number of carbonyl (C=O) groups is 1. The van der Waals surface area contributed by atoms with Gasteiger partial charge in [-0.15, -0.1) is 0 Å². The second-order valence-electron chi connectivity index (χ2n) is 7.26. The van der Waals surface area contributed by atoms with Crippen LogP contribution >= 0.6 is 0 Å². The third kappa shape index (κ3) is 5.38.